The van der Waals surface area contributed by atoms with E-state index in [0.717, 1.165) is 0 Å². The molecule has 19 heavy (non-hydrogen) atoms. The summed E-state index contributed by atoms with van der Waals surface area (Å²) in [5.41, 5.74) is 4.18. The SMILES string of the molecule is CC(C)c1ccc(C(C)C)cc1.Cc1ccccc1. The van der Waals surface area contributed by atoms with Gasteiger partial charge in [-0.25, -0.2) is 0 Å². The van der Waals surface area contributed by atoms with Crippen molar-refractivity contribution in [2.45, 2.75) is 46.5 Å². The Morgan fingerprint density at radius 2 is 0.947 bits per heavy atom. The molecule has 0 aliphatic carbocycles. The molecule has 0 atom stereocenters. The largest absolute Gasteiger partial charge is 0.0622 e. The summed E-state index contributed by atoms with van der Waals surface area (Å²) in [5, 5.41) is 0. The molecule has 0 aromatic heterocycles. The highest BCUT2D eigenvalue weighted by Crippen LogP contribution is 2.18. The van der Waals surface area contributed by atoms with Gasteiger partial charge in [0.05, 0.1) is 0 Å². The van der Waals surface area contributed by atoms with E-state index < -0.39 is 0 Å². The fourth-order valence-electron chi connectivity index (χ4n) is 1.80. The second-order valence-electron chi connectivity index (χ2n) is 5.63. The third-order valence-corrected chi connectivity index (χ3v) is 3.21. The lowest BCUT2D eigenvalue weighted by atomic mass is 9.97. The van der Waals surface area contributed by atoms with Crippen molar-refractivity contribution < 1.29 is 0 Å². The van der Waals surface area contributed by atoms with E-state index in [1.54, 1.807) is 0 Å². The standard InChI is InChI=1S/C12H18.C7H8/c1-9(2)11-5-7-12(8-6-11)10(3)4;1-7-5-3-2-4-6-7/h5-10H,1-4H3;2-6H,1H3. The topological polar surface area (TPSA) is 0 Å². The smallest absolute Gasteiger partial charge is 0.0219 e. The number of benzene rings is 2. The van der Waals surface area contributed by atoms with Crippen molar-refractivity contribution in [3.8, 4) is 0 Å². The fourth-order valence-corrected chi connectivity index (χ4v) is 1.80. The van der Waals surface area contributed by atoms with Crippen molar-refractivity contribution in [3.05, 3.63) is 71.3 Å². The van der Waals surface area contributed by atoms with Crippen LogP contribution in [0.1, 0.15) is 56.2 Å². The number of hydrogen-bond donors (Lipinski definition) is 0. The highest BCUT2D eigenvalue weighted by Gasteiger charge is 2.00. The molecule has 0 N–H and O–H groups in total. The Hall–Kier alpha value is -1.56. The van der Waals surface area contributed by atoms with Crippen LogP contribution in [-0.4, -0.2) is 0 Å². The summed E-state index contributed by atoms with van der Waals surface area (Å²) >= 11 is 0. The van der Waals surface area contributed by atoms with Gasteiger partial charge in [0.1, 0.15) is 0 Å². The molecule has 102 valence electrons. The highest BCUT2D eigenvalue weighted by atomic mass is 14.1. The molecule has 2 aromatic carbocycles. The minimum absolute atomic E-state index is 0.645. The highest BCUT2D eigenvalue weighted by molar-refractivity contribution is 5.26. The molecule has 0 aliphatic heterocycles. The Balaban J connectivity index is 0.000000218. The van der Waals surface area contributed by atoms with Gasteiger partial charge in [0.15, 0.2) is 0 Å². The molecule has 0 aliphatic rings. The molecule has 0 heteroatoms. The molecule has 0 spiro atoms. The van der Waals surface area contributed by atoms with Crippen LogP contribution < -0.4 is 0 Å². The summed E-state index contributed by atoms with van der Waals surface area (Å²) in [6.45, 7) is 11.0. The fraction of sp³-hybridized carbons (Fsp3) is 0.368. The second-order valence-corrected chi connectivity index (χ2v) is 5.63. The average molecular weight is 254 g/mol. The first-order valence-electron chi connectivity index (χ1n) is 7.12. The van der Waals surface area contributed by atoms with E-state index in [2.05, 4.69) is 71.0 Å². The predicted molar refractivity (Wildman–Crippen MR) is 85.8 cm³/mol. The zero-order valence-electron chi connectivity index (χ0n) is 12.9. The lowest BCUT2D eigenvalue weighted by molar-refractivity contribution is 0.845. The molecule has 0 nitrogen and oxygen atoms in total. The lowest BCUT2D eigenvalue weighted by Crippen LogP contribution is -1.90. The van der Waals surface area contributed by atoms with Crippen molar-refractivity contribution >= 4 is 0 Å². The Bertz CT molecular complexity index is 422. The van der Waals surface area contributed by atoms with E-state index >= 15 is 0 Å². The average Bonchev–Trinajstić information content (AvgIpc) is 2.40. The minimum Gasteiger partial charge on any atom is -0.0622 e. The van der Waals surface area contributed by atoms with Gasteiger partial charge in [-0.1, -0.05) is 87.9 Å². The molecule has 0 heterocycles. The molecule has 2 rings (SSSR count). The van der Waals surface area contributed by atoms with Gasteiger partial charge < -0.3 is 0 Å². The molecule has 0 radical (unpaired) electrons. The molecular weight excluding hydrogens is 228 g/mol. The van der Waals surface area contributed by atoms with Crippen molar-refractivity contribution in [3.63, 3.8) is 0 Å². The molecule has 2 aromatic rings. The van der Waals surface area contributed by atoms with E-state index in [-0.39, 0.29) is 0 Å². The van der Waals surface area contributed by atoms with E-state index in [1.807, 2.05) is 18.2 Å². The van der Waals surface area contributed by atoms with Crippen LogP contribution in [0, 0.1) is 6.92 Å². The Kier molecular flexibility index (Phi) is 6.35. The first-order chi connectivity index (χ1) is 9.00. The van der Waals surface area contributed by atoms with E-state index in [4.69, 9.17) is 0 Å². The summed E-state index contributed by atoms with van der Waals surface area (Å²) in [7, 11) is 0. The van der Waals surface area contributed by atoms with Crippen LogP contribution in [0.25, 0.3) is 0 Å². The predicted octanol–water partition coefficient (Wildman–Crippen LogP) is 5.93. The van der Waals surface area contributed by atoms with Crippen LogP contribution in [-0.2, 0) is 0 Å². The van der Waals surface area contributed by atoms with Crippen LogP contribution >= 0.6 is 0 Å². The number of aryl methyl sites for hydroxylation is 1. The molecule has 0 bridgehead atoms. The molecule has 0 amide bonds. The van der Waals surface area contributed by atoms with E-state index in [0.29, 0.717) is 11.8 Å². The number of hydrogen-bond acceptors (Lipinski definition) is 0. The van der Waals surface area contributed by atoms with E-state index in [9.17, 15) is 0 Å². The third-order valence-electron chi connectivity index (χ3n) is 3.21. The van der Waals surface area contributed by atoms with E-state index in [1.165, 1.54) is 16.7 Å². The molecule has 0 saturated heterocycles. The maximum absolute atomic E-state index is 2.24. The Morgan fingerprint density at radius 1 is 0.579 bits per heavy atom. The molecule has 0 unspecified atom stereocenters. The van der Waals surface area contributed by atoms with Crippen molar-refractivity contribution in [2.75, 3.05) is 0 Å². The number of rotatable bonds is 2. The van der Waals surface area contributed by atoms with Gasteiger partial charge in [-0.05, 0) is 29.9 Å². The van der Waals surface area contributed by atoms with Crippen LogP contribution in [0.3, 0.4) is 0 Å². The maximum atomic E-state index is 2.24. The third kappa shape index (κ3) is 5.74. The van der Waals surface area contributed by atoms with Crippen LogP contribution in [0.15, 0.2) is 54.6 Å². The quantitative estimate of drug-likeness (QED) is 0.623. The van der Waals surface area contributed by atoms with Crippen molar-refractivity contribution in [2.24, 2.45) is 0 Å². The van der Waals surface area contributed by atoms with Crippen molar-refractivity contribution in [1.29, 1.82) is 0 Å². The zero-order valence-corrected chi connectivity index (χ0v) is 12.9. The summed E-state index contributed by atoms with van der Waals surface area (Å²) < 4.78 is 0. The monoisotopic (exact) mass is 254 g/mol. The van der Waals surface area contributed by atoms with Gasteiger partial charge in [-0.15, -0.1) is 0 Å². The molecular formula is C19H26. The summed E-state index contributed by atoms with van der Waals surface area (Å²) in [6.07, 6.45) is 0. The van der Waals surface area contributed by atoms with Gasteiger partial charge >= 0.3 is 0 Å². The molecule has 0 saturated carbocycles. The summed E-state index contributed by atoms with van der Waals surface area (Å²) in [5.74, 6) is 1.29. The second kappa shape index (κ2) is 7.78. The summed E-state index contributed by atoms with van der Waals surface area (Å²) in [4.78, 5) is 0. The first kappa shape index (κ1) is 15.5. The summed E-state index contributed by atoms with van der Waals surface area (Å²) in [6, 6.07) is 19.2. The van der Waals surface area contributed by atoms with Gasteiger partial charge in [0.2, 0.25) is 0 Å². The van der Waals surface area contributed by atoms with Gasteiger partial charge in [-0.3, -0.25) is 0 Å². The first-order valence-corrected chi connectivity index (χ1v) is 7.12. The van der Waals surface area contributed by atoms with Crippen LogP contribution in [0.4, 0.5) is 0 Å². The van der Waals surface area contributed by atoms with Crippen molar-refractivity contribution in [1.82, 2.24) is 0 Å². The Morgan fingerprint density at radius 3 is 1.16 bits per heavy atom. The normalized spacial score (nSPS) is 10.3. The zero-order chi connectivity index (χ0) is 14.3. The lowest BCUT2D eigenvalue weighted by Gasteiger charge is -2.08. The van der Waals surface area contributed by atoms with Gasteiger partial charge in [0, 0.05) is 0 Å². The molecule has 0 fully saturated rings. The maximum Gasteiger partial charge on any atom is -0.0219 e. The van der Waals surface area contributed by atoms with Crippen LogP contribution in [0.2, 0.25) is 0 Å². The minimum atomic E-state index is 0.645. The van der Waals surface area contributed by atoms with Gasteiger partial charge in [-0.2, -0.15) is 0 Å². The van der Waals surface area contributed by atoms with Gasteiger partial charge in [0.25, 0.3) is 0 Å². The Labute approximate surface area is 118 Å². The van der Waals surface area contributed by atoms with Crippen LogP contribution in [0.5, 0.6) is 0 Å².